The van der Waals surface area contributed by atoms with Gasteiger partial charge in [0.05, 0.1) is 29.5 Å². The fraction of sp³-hybridized carbons (Fsp3) is 0.321. The van der Waals surface area contributed by atoms with E-state index in [1.165, 1.54) is 51.0 Å². The van der Waals surface area contributed by atoms with Crippen LogP contribution < -0.4 is 5.32 Å². The van der Waals surface area contributed by atoms with Crippen LogP contribution in [0.1, 0.15) is 53.6 Å². The molecule has 1 aromatic heterocycles. The Bertz CT molecular complexity index is 1370. The zero-order valence-corrected chi connectivity index (χ0v) is 23.5. The van der Waals surface area contributed by atoms with Crippen LogP contribution in [0.2, 0.25) is 10.0 Å². The maximum Gasteiger partial charge on any atom is 0.371 e. The number of halogens is 3. The van der Waals surface area contributed by atoms with Crippen LogP contribution in [0.4, 0.5) is 9.52 Å². The molecule has 1 amide bonds. The van der Waals surface area contributed by atoms with Gasteiger partial charge in [0.15, 0.2) is 5.13 Å². The molecule has 2 N–H and O–H groups in total. The summed E-state index contributed by atoms with van der Waals surface area (Å²) >= 11 is 13.7. The molecule has 1 heterocycles. The van der Waals surface area contributed by atoms with Crippen LogP contribution in [0.3, 0.4) is 0 Å². The van der Waals surface area contributed by atoms with Crippen LogP contribution in [-0.2, 0) is 20.9 Å². The van der Waals surface area contributed by atoms with E-state index in [4.69, 9.17) is 37.8 Å². The predicted octanol–water partition coefficient (Wildman–Crippen LogP) is 7.68. The second-order valence-corrected chi connectivity index (χ2v) is 10.8. The Balaban J connectivity index is 1.42. The van der Waals surface area contributed by atoms with Crippen LogP contribution in [0.25, 0.3) is 17.3 Å². The number of methoxy groups -OCH3 is 1. The highest BCUT2D eigenvalue weighted by Crippen LogP contribution is 2.32. The molecule has 3 aromatic rings. The number of ether oxygens (including phenoxy) is 2. The molecule has 1 fully saturated rings. The Morgan fingerprint density at radius 2 is 1.95 bits per heavy atom. The molecule has 2 aromatic carbocycles. The summed E-state index contributed by atoms with van der Waals surface area (Å²) in [5.41, 5.74) is 1.49. The van der Waals surface area contributed by atoms with Gasteiger partial charge in [0.2, 0.25) is 5.76 Å². The molecule has 0 saturated heterocycles. The molecule has 0 atom stereocenters. The highest BCUT2D eigenvalue weighted by Gasteiger charge is 2.18. The van der Waals surface area contributed by atoms with E-state index >= 15 is 4.39 Å². The standard InChI is InChI=1S/C28H27Cl2FN2O5S/c1-37-24(27(35)36)13-20-21(29)11-18(12-22(20)30)26(34)33-28-32-23(15-39-28)19-8-4-7-17(25(19)31)14-38-10-9-16-5-2-3-6-16/h4,7-8,11-13,15-16H,2-3,5-6,9-10,14H2,1H3,(H,35,36)(H,32,33,34)/b24-13+. The van der Waals surface area contributed by atoms with E-state index in [0.29, 0.717) is 29.3 Å². The number of carboxylic acids is 1. The molecule has 206 valence electrons. The number of amides is 1. The van der Waals surface area contributed by atoms with E-state index in [1.807, 2.05) is 0 Å². The van der Waals surface area contributed by atoms with Crippen molar-refractivity contribution in [2.45, 2.75) is 38.7 Å². The number of benzene rings is 2. The largest absolute Gasteiger partial charge is 0.490 e. The molecule has 0 radical (unpaired) electrons. The molecule has 7 nitrogen and oxygen atoms in total. The molecular formula is C28H27Cl2FN2O5S. The third kappa shape index (κ3) is 7.36. The van der Waals surface area contributed by atoms with Crippen molar-refractivity contribution in [3.8, 4) is 11.3 Å². The second-order valence-electron chi connectivity index (χ2n) is 9.13. The van der Waals surface area contributed by atoms with E-state index in [1.54, 1.807) is 23.6 Å². The zero-order valence-electron chi connectivity index (χ0n) is 21.1. The van der Waals surface area contributed by atoms with Gasteiger partial charge in [-0.1, -0.05) is 61.0 Å². The molecule has 11 heteroatoms. The van der Waals surface area contributed by atoms with Gasteiger partial charge in [-0.25, -0.2) is 14.2 Å². The lowest BCUT2D eigenvalue weighted by atomic mass is 10.1. The van der Waals surface area contributed by atoms with Crippen molar-refractivity contribution in [2.75, 3.05) is 19.0 Å². The smallest absolute Gasteiger partial charge is 0.371 e. The molecular weight excluding hydrogens is 566 g/mol. The summed E-state index contributed by atoms with van der Waals surface area (Å²) in [6, 6.07) is 7.80. The summed E-state index contributed by atoms with van der Waals surface area (Å²) in [5, 5.41) is 13.9. The number of carbonyl (C=O) groups excluding carboxylic acids is 1. The van der Waals surface area contributed by atoms with Crippen molar-refractivity contribution in [1.82, 2.24) is 4.98 Å². The topological polar surface area (TPSA) is 97.8 Å². The van der Waals surface area contributed by atoms with Crippen molar-refractivity contribution < 1.29 is 28.6 Å². The fourth-order valence-corrected chi connectivity index (χ4v) is 5.74. The SMILES string of the molecule is CO/C(=C/c1c(Cl)cc(C(=O)Nc2nc(-c3cccc(COCCC4CCCC4)c3F)cs2)cc1Cl)C(=O)O. The summed E-state index contributed by atoms with van der Waals surface area (Å²) in [4.78, 5) is 28.4. The first-order chi connectivity index (χ1) is 18.8. The number of nitrogens with one attached hydrogen (secondary N) is 1. The van der Waals surface area contributed by atoms with Crippen LogP contribution >= 0.6 is 34.5 Å². The second kappa shape index (κ2) is 13.4. The lowest BCUT2D eigenvalue weighted by Crippen LogP contribution is -2.12. The number of carbonyl (C=O) groups is 2. The van der Waals surface area contributed by atoms with E-state index in [2.05, 4.69) is 10.3 Å². The molecule has 0 unspecified atom stereocenters. The lowest BCUT2D eigenvalue weighted by Gasteiger charge is -2.11. The van der Waals surface area contributed by atoms with Crippen LogP contribution in [0.5, 0.6) is 0 Å². The Labute approximate surface area is 239 Å². The number of aromatic nitrogens is 1. The van der Waals surface area contributed by atoms with Crippen LogP contribution in [0.15, 0.2) is 41.5 Å². The Morgan fingerprint density at radius 3 is 2.62 bits per heavy atom. The third-order valence-electron chi connectivity index (χ3n) is 6.53. The van der Waals surface area contributed by atoms with Crippen molar-refractivity contribution >= 4 is 57.6 Å². The van der Waals surface area contributed by atoms with E-state index < -0.39 is 17.7 Å². The first-order valence-electron chi connectivity index (χ1n) is 12.4. The summed E-state index contributed by atoms with van der Waals surface area (Å²) in [6.07, 6.45) is 7.25. The summed E-state index contributed by atoms with van der Waals surface area (Å²) < 4.78 is 25.8. The molecule has 4 rings (SSSR count). The molecule has 1 aliphatic carbocycles. The maximum atomic E-state index is 15.2. The molecule has 0 spiro atoms. The van der Waals surface area contributed by atoms with Gasteiger partial charge in [0, 0.05) is 34.2 Å². The molecule has 39 heavy (non-hydrogen) atoms. The Kier molecular flexibility index (Phi) is 9.96. The third-order valence-corrected chi connectivity index (χ3v) is 7.91. The van der Waals surface area contributed by atoms with Crippen molar-refractivity contribution in [3.05, 3.63) is 74.0 Å². The number of hydrogen-bond acceptors (Lipinski definition) is 6. The molecule has 1 saturated carbocycles. The minimum Gasteiger partial charge on any atom is -0.490 e. The summed E-state index contributed by atoms with van der Waals surface area (Å²) in [7, 11) is 1.21. The minimum absolute atomic E-state index is 0.0626. The number of thiazole rings is 1. The van der Waals surface area contributed by atoms with Gasteiger partial charge in [-0.15, -0.1) is 11.3 Å². The van der Waals surface area contributed by atoms with Gasteiger partial charge < -0.3 is 14.6 Å². The summed E-state index contributed by atoms with van der Waals surface area (Å²) in [6.45, 7) is 0.796. The van der Waals surface area contributed by atoms with Gasteiger partial charge in [-0.2, -0.15) is 0 Å². The van der Waals surface area contributed by atoms with Gasteiger partial charge in [0.25, 0.3) is 5.91 Å². The first kappa shape index (κ1) is 29.0. The average Bonchev–Trinajstić information content (AvgIpc) is 3.59. The lowest BCUT2D eigenvalue weighted by molar-refractivity contribution is -0.135. The van der Waals surface area contributed by atoms with Gasteiger partial charge in [0.1, 0.15) is 5.82 Å². The van der Waals surface area contributed by atoms with Gasteiger partial charge in [-0.3, -0.25) is 10.1 Å². The summed E-state index contributed by atoms with van der Waals surface area (Å²) in [5.74, 6) is -1.88. The highest BCUT2D eigenvalue weighted by atomic mass is 35.5. The first-order valence-corrected chi connectivity index (χ1v) is 14.0. The number of hydrogen-bond donors (Lipinski definition) is 2. The minimum atomic E-state index is -1.29. The normalized spacial score (nSPS) is 14.0. The Morgan fingerprint density at radius 1 is 1.23 bits per heavy atom. The van der Waals surface area contributed by atoms with Crippen molar-refractivity contribution in [1.29, 1.82) is 0 Å². The van der Waals surface area contributed by atoms with Crippen LogP contribution in [0, 0.1) is 11.7 Å². The number of aliphatic carboxylic acids is 1. The number of anilines is 1. The number of nitrogens with zero attached hydrogens (tertiary/aromatic N) is 1. The van der Waals surface area contributed by atoms with E-state index in [9.17, 15) is 9.59 Å². The van der Waals surface area contributed by atoms with Crippen LogP contribution in [-0.4, -0.2) is 35.7 Å². The number of carboxylic acid groups (broad SMARTS) is 1. The van der Waals surface area contributed by atoms with E-state index in [-0.39, 0.29) is 38.7 Å². The van der Waals surface area contributed by atoms with Crippen molar-refractivity contribution in [3.63, 3.8) is 0 Å². The molecule has 1 aliphatic rings. The van der Waals surface area contributed by atoms with Crippen molar-refractivity contribution in [2.24, 2.45) is 5.92 Å². The monoisotopic (exact) mass is 592 g/mol. The molecule has 0 aliphatic heterocycles. The highest BCUT2D eigenvalue weighted by molar-refractivity contribution is 7.14. The number of rotatable bonds is 11. The quantitative estimate of drug-likeness (QED) is 0.135. The fourth-order valence-electron chi connectivity index (χ4n) is 4.44. The van der Waals surface area contributed by atoms with E-state index in [0.717, 1.165) is 17.8 Å². The maximum absolute atomic E-state index is 15.2. The Hall–Kier alpha value is -2.98. The van der Waals surface area contributed by atoms with Gasteiger partial charge >= 0.3 is 5.97 Å². The zero-order chi connectivity index (χ0) is 27.9. The molecule has 0 bridgehead atoms. The predicted molar refractivity (Wildman–Crippen MR) is 151 cm³/mol. The average molecular weight is 594 g/mol. The van der Waals surface area contributed by atoms with Gasteiger partial charge in [-0.05, 0) is 36.6 Å².